The SMILES string of the molecule is CC1=CCC2CC(CC3(CCC(C)C(C)O3)O2)OC(=O)C2C=C(COC(=O)c3ccc[nH]3)C(O)C3OCC(=CC=CC(C)C1)C23O. The van der Waals surface area contributed by atoms with Gasteiger partial charge in [0.2, 0.25) is 0 Å². The highest BCUT2D eigenvalue weighted by atomic mass is 16.7. The Morgan fingerprint density at radius 1 is 1.20 bits per heavy atom. The summed E-state index contributed by atoms with van der Waals surface area (Å²) in [7, 11) is 0. The molecule has 0 aromatic carbocycles. The predicted octanol–water partition coefficient (Wildman–Crippen LogP) is 4.70. The second kappa shape index (κ2) is 13.2. The van der Waals surface area contributed by atoms with E-state index in [0.717, 1.165) is 12.8 Å². The Balaban J connectivity index is 1.34. The van der Waals surface area contributed by atoms with Crippen molar-refractivity contribution in [1.29, 1.82) is 0 Å². The number of aliphatic hydroxyl groups is 2. The van der Waals surface area contributed by atoms with Gasteiger partial charge in [0.15, 0.2) is 5.79 Å². The number of carbonyl (C=O) groups is 2. The standard InChI is InChI=1S/C36H47NO9/c1-21-7-5-8-26-20-42-32-31(38)25(19-43-34(40)30-9-6-14-37-30)16-29(36(26,32)41)33(39)44-28-17-27(11-10-22(2)15-21)46-35(18-28)13-12-23(3)24(4)45-35/h5-10,14,16,21,23-24,27-29,31-32,37-38,41H,11-13,15,17-20H2,1-4H3. The lowest BCUT2D eigenvalue weighted by Crippen LogP contribution is -2.58. The third-order valence-electron chi connectivity index (χ3n) is 10.4. The Hall–Kier alpha value is -3.02. The zero-order valence-corrected chi connectivity index (χ0v) is 27.1. The Bertz CT molecular complexity index is 1410. The van der Waals surface area contributed by atoms with E-state index in [2.05, 4.69) is 44.8 Å². The normalized spacial score (nSPS) is 40.0. The molecule has 1 aliphatic carbocycles. The largest absolute Gasteiger partial charge is 0.462 e. The summed E-state index contributed by atoms with van der Waals surface area (Å²) in [4.78, 5) is 29.6. The van der Waals surface area contributed by atoms with Gasteiger partial charge in [0, 0.05) is 25.5 Å². The van der Waals surface area contributed by atoms with Gasteiger partial charge >= 0.3 is 11.9 Å². The van der Waals surface area contributed by atoms with E-state index in [0.29, 0.717) is 37.2 Å². The highest BCUT2D eigenvalue weighted by Crippen LogP contribution is 2.47. The van der Waals surface area contributed by atoms with Crippen LogP contribution in [-0.2, 0) is 28.5 Å². The third-order valence-corrected chi connectivity index (χ3v) is 10.4. The van der Waals surface area contributed by atoms with Gasteiger partial charge in [-0.1, -0.05) is 49.8 Å². The fraction of sp³-hybridized carbons (Fsp3) is 0.611. The number of aromatic nitrogens is 1. The van der Waals surface area contributed by atoms with Gasteiger partial charge in [-0.3, -0.25) is 4.79 Å². The molecule has 2 bridgehead atoms. The summed E-state index contributed by atoms with van der Waals surface area (Å²) < 4.78 is 30.9. The van der Waals surface area contributed by atoms with Gasteiger partial charge in [-0.25, -0.2) is 4.79 Å². The van der Waals surface area contributed by atoms with E-state index in [1.807, 2.05) is 6.08 Å². The highest BCUT2D eigenvalue weighted by molar-refractivity contribution is 5.87. The first-order valence-electron chi connectivity index (χ1n) is 16.6. The topological polar surface area (TPSA) is 137 Å². The van der Waals surface area contributed by atoms with Crippen molar-refractivity contribution in [3.05, 3.63) is 71.1 Å². The van der Waals surface area contributed by atoms with Gasteiger partial charge in [-0.15, -0.1) is 0 Å². The molecular weight excluding hydrogens is 590 g/mol. The maximum absolute atomic E-state index is 14.2. The minimum atomic E-state index is -1.86. The molecule has 10 heteroatoms. The van der Waals surface area contributed by atoms with Crippen LogP contribution in [0.15, 0.2) is 65.4 Å². The lowest BCUT2D eigenvalue weighted by atomic mass is 9.70. The number of esters is 2. The van der Waals surface area contributed by atoms with E-state index in [1.165, 1.54) is 11.6 Å². The molecule has 4 aliphatic heterocycles. The maximum atomic E-state index is 14.2. The van der Waals surface area contributed by atoms with Crippen LogP contribution < -0.4 is 0 Å². The first-order chi connectivity index (χ1) is 22.0. The van der Waals surface area contributed by atoms with E-state index >= 15 is 0 Å². The van der Waals surface area contributed by atoms with Crippen LogP contribution in [0.4, 0.5) is 0 Å². The van der Waals surface area contributed by atoms with Crippen LogP contribution in [0.1, 0.15) is 76.7 Å². The minimum Gasteiger partial charge on any atom is -0.462 e. The van der Waals surface area contributed by atoms with Crippen LogP contribution in [-0.4, -0.2) is 82.3 Å². The second-order valence-electron chi connectivity index (χ2n) is 13.9. The molecule has 3 N–H and O–H groups in total. The molecule has 3 saturated heterocycles. The number of aromatic amines is 1. The van der Waals surface area contributed by atoms with Crippen LogP contribution in [0.25, 0.3) is 0 Å². The number of fused-ring (bicyclic) bond motifs is 2. The van der Waals surface area contributed by atoms with Gasteiger partial charge in [0.1, 0.15) is 42.1 Å². The fourth-order valence-corrected chi connectivity index (χ4v) is 7.58. The monoisotopic (exact) mass is 637 g/mol. The first kappa shape index (κ1) is 32.9. The summed E-state index contributed by atoms with van der Waals surface area (Å²) in [6.45, 7) is 8.22. The summed E-state index contributed by atoms with van der Waals surface area (Å²) in [6, 6.07) is 3.26. The van der Waals surface area contributed by atoms with Crippen molar-refractivity contribution in [3.63, 3.8) is 0 Å². The molecule has 0 saturated carbocycles. The van der Waals surface area contributed by atoms with Gasteiger partial charge in [-0.2, -0.15) is 0 Å². The molecular formula is C36H47NO9. The number of nitrogens with one attached hydrogen (secondary N) is 1. The van der Waals surface area contributed by atoms with Crippen LogP contribution in [0.3, 0.4) is 0 Å². The van der Waals surface area contributed by atoms with Crippen molar-refractivity contribution < 1.29 is 43.5 Å². The van der Waals surface area contributed by atoms with Crippen molar-refractivity contribution in [1.82, 2.24) is 4.98 Å². The van der Waals surface area contributed by atoms with Crippen LogP contribution in [0.5, 0.6) is 0 Å². The molecule has 1 aromatic heterocycles. The third kappa shape index (κ3) is 6.55. The first-order valence-corrected chi connectivity index (χ1v) is 16.6. The molecule has 3 fully saturated rings. The van der Waals surface area contributed by atoms with E-state index < -0.39 is 47.6 Å². The van der Waals surface area contributed by atoms with Gasteiger partial charge in [0.05, 0.1) is 18.8 Å². The number of H-pyrrole nitrogens is 1. The number of rotatable bonds is 3. The summed E-state index contributed by atoms with van der Waals surface area (Å²) in [5, 5.41) is 23.7. The summed E-state index contributed by atoms with van der Waals surface area (Å²) in [5.74, 6) is -2.70. The average molecular weight is 638 g/mol. The molecule has 0 radical (unpaired) electrons. The smallest absolute Gasteiger partial charge is 0.355 e. The maximum Gasteiger partial charge on any atom is 0.355 e. The molecule has 5 heterocycles. The number of carbonyl (C=O) groups excluding carboxylic acids is 2. The lowest BCUT2D eigenvalue weighted by molar-refractivity contribution is -0.332. The lowest BCUT2D eigenvalue weighted by Gasteiger charge is -2.49. The van der Waals surface area contributed by atoms with E-state index in [4.69, 9.17) is 23.7 Å². The molecule has 10 unspecified atom stereocenters. The van der Waals surface area contributed by atoms with Crippen LogP contribution in [0.2, 0.25) is 0 Å². The predicted molar refractivity (Wildman–Crippen MR) is 168 cm³/mol. The van der Waals surface area contributed by atoms with Crippen molar-refractivity contribution in [2.75, 3.05) is 13.2 Å². The van der Waals surface area contributed by atoms with Crippen LogP contribution in [0, 0.1) is 17.8 Å². The Labute approximate surface area is 270 Å². The highest BCUT2D eigenvalue weighted by Gasteiger charge is 2.60. The quantitative estimate of drug-likeness (QED) is 0.318. The van der Waals surface area contributed by atoms with Crippen molar-refractivity contribution in [3.8, 4) is 0 Å². The summed E-state index contributed by atoms with van der Waals surface area (Å²) in [6.07, 6.45) is 11.9. The zero-order chi connectivity index (χ0) is 32.6. The van der Waals surface area contributed by atoms with Gasteiger partial charge < -0.3 is 38.9 Å². The molecule has 0 amide bonds. The van der Waals surface area contributed by atoms with Crippen LogP contribution >= 0.6 is 0 Å². The Morgan fingerprint density at radius 3 is 2.78 bits per heavy atom. The van der Waals surface area contributed by atoms with Crippen molar-refractivity contribution in [2.24, 2.45) is 17.8 Å². The molecule has 1 spiro atoms. The number of hydrogen-bond donors (Lipinski definition) is 3. The summed E-state index contributed by atoms with van der Waals surface area (Å²) >= 11 is 0. The molecule has 6 rings (SSSR count). The Kier molecular flexibility index (Phi) is 9.47. The van der Waals surface area contributed by atoms with Crippen molar-refractivity contribution >= 4 is 11.9 Å². The van der Waals surface area contributed by atoms with Crippen molar-refractivity contribution in [2.45, 2.75) is 108 Å². The molecule has 5 aliphatic rings. The molecule has 10 atom stereocenters. The number of aliphatic hydroxyl groups excluding tert-OH is 1. The molecule has 250 valence electrons. The second-order valence-corrected chi connectivity index (χ2v) is 13.9. The zero-order valence-electron chi connectivity index (χ0n) is 27.1. The fourth-order valence-electron chi connectivity index (χ4n) is 7.58. The van der Waals surface area contributed by atoms with E-state index in [-0.39, 0.29) is 42.6 Å². The molecule has 10 nitrogen and oxygen atoms in total. The van der Waals surface area contributed by atoms with Gasteiger partial charge in [-0.05, 0) is 68.2 Å². The molecule has 1 aromatic rings. The number of hydrogen-bond acceptors (Lipinski definition) is 9. The summed E-state index contributed by atoms with van der Waals surface area (Å²) in [5.41, 5.74) is 0.374. The number of ether oxygens (including phenoxy) is 5. The van der Waals surface area contributed by atoms with Gasteiger partial charge in [0.25, 0.3) is 0 Å². The van der Waals surface area contributed by atoms with E-state index in [9.17, 15) is 19.8 Å². The Morgan fingerprint density at radius 2 is 2.02 bits per heavy atom. The number of allylic oxidation sites excluding steroid dienone is 4. The molecule has 46 heavy (non-hydrogen) atoms. The van der Waals surface area contributed by atoms with E-state index in [1.54, 1.807) is 24.4 Å². The minimum absolute atomic E-state index is 0.00422. The average Bonchev–Trinajstić information content (AvgIpc) is 3.66.